The topological polar surface area (TPSA) is 15.3 Å². The van der Waals surface area contributed by atoms with E-state index < -0.39 is 0 Å². The third-order valence-electron chi connectivity index (χ3n) is 4.34. The van der Waals surface area contributed by atoms with Crippen molar-refractivity contribution in [1.29, 1.82) is 0 Å². The average Bonchev–Trinajstić information content (AvgIpc) is 2.55. The first-order valence-corrected chi connectivity index (χ1v) is 8.16. The molecule has 1 N–H and O–H groups in total. The molecule has 1 saturated carbocycles. The second-order valence-electron chi connectivity index (χ2n) is 6.15. The largest absolute Gasteiger partial charge is 0.314 e. The Kier molecular flexibility index (Phi) is 7.92. The summed E-state index contributed by atoms with van der Waals surface area (Å²) in [6, 6.07) is 1.45. The van der Waals surface area contributed by atoms with Gasteiger partial charge in [0.15, 0.2) is 0 Å². The minimum Gasteiger partial charge on any atom is -0.314 e. The lowest BCUT2D eigenvalue weighted by atomic mass is 9.93. The van der Waals surface area contributed by atoms with Crippen molar-refractivity contribution in [2.45, 2.75) is 78.3 Å². The van der Waals surface area contributed by atoms with E-state index in [0.29, 0.717) is 6.04 Å². The number of hydrogen-bond acceptors (Lipinski definition) is 2. The van der Waals surface area contributed by atoms with Gasteiger partial charge in [0.2, 0.25) is 0 Å². The zero-order chi connectivity index (χ0) is 13.4. The van der Waals surface area contributed by atoms with Crippen molar-refractivity contribution in [1.82, 2.24) is 10.2 Å². The van der Waals surface area contributed by atoms with Crippen LogP contribution in [0.4, 0.5) is 0 Å². The van der Waals surface area contributed by atoms with E-state index in [1.54, 1.807) is 0 Å². The van der Waals surface area contributed by atoms with Crippen molar-refractivity contribution in [3.05, 3.63) is 0 Å². The number of nitrogens with one attached hydrogen (secondary N) is 1. The first-order valence-electron chi connectivity index (χ1n) is 8.16. The van der Waals surface area contributed by atoms with Crippen molar-refractivity contribution in [2.24, 2.45) is 5.92 Å². The summed E-state index contributed by atoms with van der Waals surface area (Å²) < 4.78 is 0. The van der Waals surface area contributed by atoms with E-state index >= 15 is 0 Å². The maximum atomic E-state index is 3.73. The molecule has 2 unspecified atom stereocenters. The van der Waals surface area contributed by atoms with Gasteiger partial charge in [-0.1, -0.05) is 33.1 Å². The fourth-order valence-electron chi connectivity index (χ4n) is 3.28. The molecule has 0 aromatic rings. The van der Waals surface area contributed by atoms with Crippen molar-refractivity contribution < 1.29 is 0 Å². The normalized spacial score (nSPS) is 25.7. The molecule has 1 fully saturated rings. The molecule has 18 heavy (non-hydrogen) atoms. The molecule has 2 nitrogen and oxygen atoms in total. The lowest BCUT2D eigenvalue weighted by molar-refractivity contribution is 0.161. The van der Waals surface area contributed by atoms with Crippen LogP contribution >= 0.6 is 0 Å². The first-order chi connectivity index (χ1) is 8.69. The molecule has 0 aromatic carbocycles. The highest BCUT2D eigenvalue weighted by molar-refractivity contribution is 4.82. The van der Waals surface area contributed by atoms with Gasteiger partial charge in [-0.25, -0.2) is 0 Å². The van der Waals surface area contributed by atoms with E-state index in [1.165, 1.54) is 51.6 Å². The summed E-state index contributed by atoms with van der Waals surface area (Å²) in [5.41, 5.74) is 0. The van der Waals surface area contributed by atoms with Crippen LogP contribution in [-0.2, 0) is 0 Å². The van der Waals surface area contributed by atoms with E-state index in [-0.39, 0.29) is 0 Å². The highest BCUT2D eigenvalue weighted by Gasteiger charge is 2.25. The summed E-state index contributed by atoms with van der Waals surface area (Å²) in [6.07, 6.45) is 8.38. The lowest BCUT2D eigenvalue weighted by Crippen LogP contribution is -2.44. The van der Waals surface area contributed by atoms with Crippen LogP contribution in [0.5, 0.6) is 0 Å². The highest BCUT2D eigenvalue weighted by Crippen LogP contribution is 2.25. The molecule has 2 atom stereocenters. The van der Waals surface area contributed by atoms with Crippen molar-refractivity contribution in [2.75, 3.05) is 19.6 Å². The molecule has 1 aliphatic carbocycles. The Morgan fingerprint density at radius 1 is 1.11 bits per heavy atom. The molecular weight excluding hydrogens is 220 g/mol. The molecule has 108 valence electrons. The molecule has 0 saturated heterocycles. The third-order valence-corrected chi connectivity index (χ3v) is 4.34. The molecule has 0 radical (unpaired) electrons. The number of rotatable bonds is 7. The van der Waals surface area contributed by atoms with Crippen LogP contribution in [-0.4, -0.2) is 36.6 Å². The van der Waals surface area contributed by atoms with Crippen LogP contribution in [0.25, 0.3) is 0 Å². The standard InChI is InChI=1S/C16H34N2/c1-5-12-18(14(3)4)13-15-10-8-7-9-11-16(15)17-6-2/h14-17H,5-13H2,1-4H3. The molecule has 1 rings (SSSR count). The van der Waals surface area contributed by atoms with Gasteiger partial charge in [0.05, 0.1) is 0 Å². The molecule has 2 heteroatoms. The third kappa shape index (κ3) is 5.27. The van der Waals surface area contributed by atoms with Crippen molar-refractivity contribution >= 4 is 0 Å². The van der Waals surface area contributed by atoms with Gasteiger partial charge in [0.25, 0.3) is 0 Å². The van der Waals surface area contributed by atoms with E-state index in [9.17, 15) is 0 Å². The minimum absolute atomic E-state index is 0.690. The molecule has 0 aromatic heterocycles. The van der Waals surface area contributed by atoms with Gasteiger partial charge in [-0.05, 0) is 52.1 Å². The van der Waals surface area contributed by atoms with Gasteiger partial charge in [-0.2, -0.15) is 0 Å². The molecule has 0 amide bonds. The van der Waals surface area contributed by atoms with E-state index in [2.05, 4.69) is 37.9 Å². The Labute approximate surface area is 115 Å². The van der Waals surface area contributed by atoms with E-state index in [0.717, 1.165) is 18.5 Å². The maximum absolute atomic E-state index is 3.73. The average molecular weight is 254 g/mol. The SMILES string of the molecule is CCCN(CC1CCCCCC1NCC)C(C)C. The van der Waals surface area contributed by atoms with Gasteiger partial charge in [-0.3, -0.25) is 0 Å². The fourth-order valence-corrected chi connectivity index (χ4v) is 3.28. The maximum Gasteiger partial charge on any atom is 0.0107 e. The van der Waals surface area contributed by atoms with Gasteiger partial charge < -0.3 is 10.2 Å². The van der Waals surface area contributed by atoms with Crippen LogP contribution < -0.4 is 5.32 Å². The summed E-state index contributed by atoms with van der Waals surface area (Å²) in [4.78, 5) is 2.68. The molecule has 0 bridgehead atoms. The predicted octanol–water partition coefficient (Wildman–Crippen LogP) is 3.67. The Morgan fingerprint density at radius 3 is 2.44 bits per heavy atom. The molecule has 1 aliphatic rings. The van der Waals surface area contributed by atoms with E-state index in [1.807, 2.05) is 0 Å². The second-order valence-corrected chi connectivity index (χ2v) is 6.15. The van der Waals surface area contributed by atoms with Crippen LogP contribution in [0, 0.1) is 5.92 Å². The molecular formula is C16H34N2. The van der Waals surface area contributed by atoms with Gasteiger partial charge in [-0.15, -0.1) is 0 Å². The van der Waals surface area contributed by atoms with Gasteiger partial charge in [0, 0.05) is 18.6 Å². The van der Waals surface area contributed by atoms with Crippen LogP contribution in [0.2, 0.25) is 0 Å². The van der Waals surface area contributed by atoms with Crippen LogP contribution in [0.15, 0.2) is 0 Å². The minimum atomic E-state index is 0.690. The second kappa shape index (κ2) is 8.92. The van der Waals surface area contributed by atoms with Gasteiger partial charge >= 0.3 is 0 Å². The Morgan fingerprint density at radius 2 is 1.83 bits per heavy atom. The zero-order valence-corrected chi connectivity index (χ0v) is 13.0. The van der Waals surface area contributed by atoms with E-state index in [4.69, 9.17) is 0 Å². The fraction of sp³-hybridized carbons (Fsp3) is 1.00. The van der Waals surface area contributed by atoms with Crippen LogP contribution in [0.1, 0.15) is 66.2 Å². The predicted molar refractivity (Wildman–Crippen MR) is 81.0 cm³/mol. The van der Waals surface area contributed by atoms with Crippen LogP contribution in [0.3, 0.4) is 0 Å². The Hall–Kier alpha value is -0.0800. The molecule has 0 spiro atoms. The Balaban J connectivity index is 2.57. The molecule has 0 aliphatic heterocycles. The number of nitrogens with zero attached hydrogens (tertiary/aromatic N) is 1. The smallest absolute Gasteiger partial charge is 0.0107 e. The zero-order valence-electron chi connectivity index (χ0n) is 13.0. The van der Waals surface area contributed by atoms with Crippen molar-refractivity contribution in [3.8, 4) is 0 Å². The lowest BCUT2D eigenvalue weighted by Gasteiger charge is -2.34. The molecule has 0 heterocycles. The summed E-state index contributed by atoms with van der Waals surface area (Å²) in [5.74, 6) is 0.862. The first kappa shape index (κ1) is 16.0. The van der Waals surface area contributed by atoms with Gasteiger partial charge in [0.1, 0.15) is 0 Å². The summed E-state index contributed by atoms with van der Waals surface area (Å²) in [7, 11) is 0. The summed E-state index contributed by atoms with van der Waals surface area (Å²) in [5, 5.41) is 3.73. The summed E-state index contributed by atoms with van der Waals surface area (Å²) >= 11 is 0. The quantitative estimate of drug-likeness (QED) is 0.697. The summed E-state index contributed by atoms with van der Waals surface area (Å²) in [6.45, 7) is 12.9. The highest BCUT2D eigenvalue weighted by atomic mass is 15.1. The van der Waals surface area contributed by atoms with Crippen molar-refractivity contribution in [3.63, 3.8) is 0 Å². The number of hydrogen-bond donors (Lipinski definition) is 1. The Bertz CT molecular complexity index is 203. The monoisotopic (exact) mass is 254 g/mol.